The van der Waals surface area contributed by atoms with Crippen molar-refractivity contribution >= 4 is 12.9 Å². The van der Waals surface area contributed by atoms with E-state index in [0.29, 0.717) is 19.0 Å². The molecule has 0 saturated heterocycles. The molecule has 5 nitrogen and oxygen atoms in total. The standard InChI is InChI=1S/C11H17O5P/c1-3-16-17(12,13)11-6-4-10(5-7-11)15-9-8-14-2/h4-7H,3,8-9H2,1-2H3,(H,12,13). The summed E-state index contributed by atoms with van der Waals surface area (Å²) < 4.78 is 26.6. The molecule has 0 saturated carbocycles. The van der Waals surface area contributed by atoms with E-state index in [4.69, 9.17) is 14.0 Å². The Morgan fingerprint density at radius 1 is 1.24 bits per heavy atom. The lowest BCUT2D eigenvalue weighted by Gasteiger charge is -2.11. The van der Waals surface area contributed by atoms with Crippen LogP contribution in [-0.4, -0.2) is 31.8 Å². The van der Waals surface area contributed by atoms with Crippen LogP contribution >= 0.6 is 7.60 Å². The van der Waals surface area contributed by atoms with Crippen molar-refractivity contribution in [1.82, 2.24) is 0 Å². The number of hydrogen-bond donors (Lipinski definition) is 1. The van der Waals surface area contributed by atoms with Crippen LogP contribution in [0.5, 0.6) is 5.75 Å². The number of methoxy groups -OCH3 is 1. The van der Waals surface area contributed by atoms with Gasteiger partial charge in [0.2, 0.25) is 0 Å². The van der Waals surface area contributed by atoms with Crippen LogP contribution in [0.2, 0.25) is 0 Å². The zero-order valence-corrected chi connectivity index (χ0v) is 10.9. The Balaban J connectivity index is 2.64. The molecular weight excluding hydrogens is 243 g/mol. The molecule has 0 radical (unpaired) electrons. The summed E-state index contributed by atoms with van der Waals surface area (Å²) in [6.45, 7) is 2.81. The van der Waals surface area contributed by atoms with Crippen LogP contribution in [-0.2, 0) is 13.8 Å². The number of benzene rings is 1. The first-order chi connectivity index (χ1) is 8.10. The highest BCUT2D eigenvalue weighted by molar-refractivity contribution is 7.61. The van der Waals surface area contributed by atoms with Crippen LogP contribution in [0.15, 0.2) is 24.3 Å². The lowest BCUT2D eigenvalue weighted by atomic mass is 10.3. The Kier molecular flexibility index (Phi) is 5.65. The van der Waals surface area contributed by atoms with E-state index in [9.17, 15) is 9.46 Å². The average molecular weight is 260 g/mol. The van der Waals surface area contributed by atoms with Gasteiger partial charge in [-0.15, -0.1) is 0 Å². The van der Waals surface area contributed by atoms with Gasteiger partial charge < -0.3 is 18.9 Å². The average Bonchev–Trinajstić information content (AvgIpc) is 2.30. The van der Waals surface area contributed by atoms with Crippen molar-refractivity contribution in [2.45, 2.75) is 6.92 Å². The summed E-state index contributed by atoms with van der Waals surface area (Å²) in [6.07, 6.45) is 0. The molecule has 0 heterocycles. The molecule has 96 valence electrons. The highest BCUT2D eigenvalue weighted by Gasteiger charge is 2.21. The molecule has 0 aliphatic carbocycles. The highest BCUT2D eigenvalue weighted by atomic mass is 31.2. The maximum atomic E-state index is 11.7. The summed E-state index contributed by atoms with van der Waals surface area (Å²) in [5.41, 5.74) is 0. The van der Waals surface area contributed by atoms with Gasteiger partial charge in [0, 0.05) is 7.11 Å². The first kappa shape index (κ1) is 14.2. The largest absolute Gasteiger partial charge is 0.491 e. The maximum Gasteiger partial charge on any atom is 0.358 e. The van der Waals surface area contributed by atoms with Gasteiger partial charge in [-0.1, -0.05) is 0 Å². The summed E-state index contributed by atoms with van der Waals surface area (Å²) in [5.74, 6) is 0.627. The maximum absolute atomic E-state index is 11.7. The molecule has 1 N–H and O–H groups in total. The summed E-state index contributed by atoms with van der Waals surface area (Å²) >= 11 is 0. The Hall–Kier alpha value is -0.870. The second-order valence-electron chi connectivity index (χ2n) is 3.27. The first-order valence-corrected chi connectivity index (χ1v) is 6.87. The van der Waals surface area contributed by atoms with Crippen LogP contribution in [0.25, 0.3) is 0 Å². The van der Waals surface area contributed by atoms with Crippen LogP contribution in [0.3, 0.4) is 0 Å². The second kappa shape index (κ2) is 6.77. The molecule has 1 unspecified atom stereocenters. The van der Waals surface area contributed by atoms with Crippen LogP contribution < -0.4 is 10.0 Å². The quantitative estimate of drug-likeness (QED) is 0.595. The lowest BCUT2D eigenvalue weighted by molar-refractivity contribution is 0.146. The SMILES string of the molecule is CCOP(=O)(O)c1ccc(OCCOC)cc1. The minimum Gasteiger partial charge on any atom is -0.491 e. The van der Waals surface area contributed by atoms with Crippen molar-refractivity contribution in [3.63, 3.8) is 0 Å². The van der Waals surface area contributed by atoms with E-state index in [1.54, 1.807) is 26.2 Å². The van der Waals surface area contributed by atoms with Crippen molar-refractivity contribution in [1.29, 1.82) is 0 Å². The van der Waals surface area contributed by atoms with Crippen molar-refractivity contribution in [2.24, 2.45) is 0 Å². The van der Waals surface area contributed by atoms with Gasteiger partial charge in [0.1, 0.15) is 12.4 Å². The molecule has 17 heavy (non-hydrogen) atoms. The molecule has 6 heteroatoms. The third-order valence-electron chi connectivity index (χ3n) is 2.02. The van der Waals surface area contributed by atoms with E-state index in [2.05, 4.69) is 0 Å². The third kappa shape index (κ3) is 4.48. The Morgan fingerprint density at radius 3 is 2.41 bits per heavy atom. The van der Waals surface area contributed by atoms with Crippen molar-refractivity contribution in [3.8, 4) is 5.75 Å². The number of hydrogen-bond acceptors (Lipinski definition) is 4. The van der Waals surface area contributed by atoms with Gasteiger partial charge in [-0.05, 0) is 31.2 Å². The van der Waals surface area contributed by atoms with Gasteiger partial charge >= 0.3 is 7.60 Å². The minimum atomic E-state index is -3.68. The fourth-order valence-corrected chi connectivity index (χ4v) is 2.25. The monoisotopic (exact) mass is 260 g/mol. The van der Waals surface area contributed by atoms with Crippen LogP contribution in [0.1, 0.15) is 6.92 Å². The van der Waals surface area contributed by atoms with E-state index in [1.807, 2.05) is 0 Å². The molecule has 0 bridgehead atoms. The van der Waals surface area contributed by atoms with Gasteiger partial charge in [0.05, 0.1) is 18.5 Å². The molecule has 0 amide bonds. The van der Waals surface area contributed by atoms with E-state index in [0.717, 1.165) is 0 Å². The van der Waals surface area contributed by atoms with Crippen LogP contribution in [0.4, 0.5) is 0 Å². The summed E-state index contributed by atoms with van der Waals surface area (Å²) in [5, 5.41) is 0.262. The van der Waals surface area contributed by atoms with E-state index in [-0.39, 0.29) is 11.9 Å². The zero-order valence-electron chi connectivity index (χ0n) is 9.96. The molecule has 0 spiro atoms. The predicted molar refractivity (Wildman–Crippen MR) is 64.9 cm³/mol. The first-order valence-electron chi connectivity index (χ1n) is 5.30. The smallest absolute Gasteiger partial charge is 0.358 e. The van der Waals surface area contributed by atoms with Crippen molar-refractivity contribution in [3.05, 3.63) is 24.3 Å². The van der Waals surface area contributed by atoms with E-state index in [1.165, 1.54) is 12.1 Å². The van der Waals surface area contributed by atoms with Gasteiger partial charge in [-0.25, -0.2) is 0 Å². The predicted octanol–water partition coefficient (Wildman–Crippen LogP) is 1.56. The van der Waals surface area contributed by atoms with Gasteiger partial charge in [-0.2, -0.15) is 0 Å². The topological polar surface area (TPSA) is 65.0 Å². The Labute approximate surface area is 101 Å². The summed E-state index contributed by atoms with van der Waals surface area (Å²) in [6, 6.07) is 6.32. The molecule has 0 aliphatic heterocycles. The fraction of sp³-hybridized carbons (Fsp3) is 0.455. The minimum absolute atomic E-state index is 0.194. The number of rotatable bonds is 7. The van der Waals surface area contributed by atoms with Crippen molar-refractivity contribution in [2.75, 3.05) is 26.9 Å². The van der Waals surface area contributed by atoms with Gasteiger partial charge in [0.15, 0.2) is 0 Å². The molecule has 1 aromatic carbocycles. The molecule has 1 atom stereocenters. The van der Waals surface area contributed by atoms with E-state index < -0.39 is 7.60 Å². The molecule has 1 aromatic rings. The highest BCUT2D eigenvalue weighted by Crippen LogP contribution is 2.40. The third-order valence-corrected chi connectivity index (χ3v) is 3.58. The normalized spacial score (nSPS) is 14.3. The van der Waals surface area contributed by atoms with Gasteiger partial charge in [-0.3, -0.25) is 4.57 Å². The Bertz CT molecular complexity index is 376. The summed E-state index contributed by atoms with van der Waals surface area (Å²) in [7, 11) is -2.08. The lowest BCUT2D eigenvalue weighted by Crippen LogP contribution is -2.08. The molecule has 1 rings (SSSR count). The Morgan fingerprint density at radius 2 is 1.88 bits per heavy atom. The van der Waals surface area contributed by atoms with Crippen molar-refractivity contribution < 1.29 is 23.5 Å². The zero-order chi connectivity index (χ0) is 12.7. The van der Waals surface area contributed by atoms with Crippen LogP contribution in [0, 0.1) is 0 Å². The molecule has 0 fully saturated rings. The fourth-order valence-electron chi connectivity index (χ4n) is 1.22. The molecular formula is C11H17O5P. The molecule has 0 aliphatic rings. The second-order valence-corrected chi connectivity index (χ2v) is 5.09. The molecule has 0 aromatic heterocycles. The summed E-state index contributed by atoms with van der Waals surface area (Å²) in [4.78, 5) is 9.56. The van der Waals surface area contributed by atoms with E-state index >= 15 is 0 Å². The number of ether oxygens (including phenoxy) is 2. The van der Waals surface area contributed by atoms with Gasteiger partial charge in [0.25, 0.3) is 0 Å².